The topological polar surface area (TPSA) is 22.1 Å². The van der Waals surface area contributed by atoms with Crippen LogP contribution in [0.5, 0.6) is 5.75 Å². The lowest BCUT2D eigenvalue weighted by atomic mass is 9.78. The monoisotopic (exact) mass is 379 g/mol. The van der Waals surface area contributed by atoms with Gasteiger partial charge in [-0.15, -0.1) is 0 Å². The number of rotatable bonds is 10. The molecule has 1 saturated carbocycles. The van der Waals surface area contributed by atoms with Crippen LogP contribution in [0.25, 0.3) is 11.3 Å². The minimum Gasteiger partial charge on any atom is -0.494 e. The van der Waals surface area contributed by atoms with Crippen LogP contribution < -0.4 is 4.74 Å². The van der Waals surface area contributed by atoms with Gasteiger partial charge in [0.15, 0.2) is 0 Å². The smallest absolute Gasteiger partial charge is 0.119 e. The number of hydrogen-bond donors (Lipinski definition) is 0. The lowest BCUT2D eigenvalue weighted by molar-refractivity contribution is 0.252. The van der Waals surface area contributed by atoms with Crippen molar-refractivity contribution in [1.82, 2.24) is 4.98 Å². The van der Waals surface area contributed by atoms with Gasteiger partial charge >= 0.3 is 0 Å². The minimum atomic E-state index is 0.795. The number of ether oxygens (including phenoxy) is 1. The molecule has 1 aliphatic carbocycles. The van der Waals surface area contributed by atoms with Crippen molar-refractivity contribution in [3.8, 4) is 17.0 Å². The zero-order chi connectivity index (χ0) is 19.6. The van der Waals surface area contributed by atoms with Gasteiger partial charge in [0.05, 0.1) is 12.3 Å². The number of hydrogen-bond acceptors (Lipinski definition) is 2. The molecule has 1 aliphatic rings. The van der Waals surface area contributed by atoms with Gasteiger partial charge < -0.3 is 4.74 Å². The second-order valence-corrected chi connectivity index (χ2v) is 8.49. The summed E-state index contributed by atoms with van der Waals surface area (Å²) in [5.41, 5.74) is 3.58. The van der Waals surface area contributed by atoms with Crippen molar-refractivity contribution in [2.45, 2.75) is 78.1 Å². The molecule has 152 valence electrons. The van der Waals surface area contributed by atoms with Gasteiger partial charge in [-0.3, -0.25) is 4.98 Å². The highest BCUT2D eigenvalue weighted by molar-refractivity contribution is 5.60. The Morgan fingerprint density at radius 3 is 2.18 bits per heavy atom. The molecule has 2 nitrogen and oxygen atoms in total. The zero-order valence-electron chi connectivity index (χ0n) is 17.8. The van der Waals surface area contributed by atoms with Crippen LogP contribution in [0.4, 0.5) is 0 Å². The summed E-state index contributed by atoms with van der Waals surface area (Å²) in [4.78, 5) is 4.71. The quantitative estimate of drug-likeness (QED) is 0.399. The maximum absolute atomic E-state index is 5.75. The van der Waals surface area contributed by atoms with Gasteiger partial charge in [0.1, 0.15) is 5.75 Å². The lowest BCUT2D eigenvalue weighted by Gasteiger charge is -2.28. The van der Waals surface area contributed by atoms with Crippen molar-refractivity contribution in [2.24, 2.45) is 11.8 Å². The molecule has 2 aromatic rings. The number of unbranched alkanes of at least 4 members (excludes halogenated alkanes) is 1. The van der Waals surface area contributed by atoms with Gasteiger partial charge in [-0.1, -0.05) is 64.9 Å². The van der Waals surface area contributed by atoms with Crippen molar-refractivity contribution in [2.75, 3.05) is 6.61 Å². The number of pyridine rings is 1. The van der Waals surface area contributed by atoms with Gasteiger partial charge in [-0.05, 0) is 67.0 Å². The average Bonchev–Trinajstić information content (AvgIpc) is 2.75. The Balaban J connectivity index is 1.46. The van der Waals surface area contributed by atoms with Crippen LogP contribution in [-0.2, 0) is 6.42 Å². The molecule has 0 aliphatic heterocycles. The van der Waals surface area contributed by atoms with E-state index in [9.17, 15) is 0 Å². The predicted molar refractivity (Wildman–Crippen MR) is 119 cm³/mol. The van der Waals surface area contributed by atoms with Crippen molar-refractivity contribution in [1.29, 1.82) is 0 Å². The van der Waals surface area contributed by atoms with E-state index in [1.165, 1.54) is 56.9 Å². The Hall–Kier alpha value is -1.83. The normalized spacial score (nSPS) is 19.5. The number of benzene rings is 1. The average molecular weight is 380 g/mol. The molecule has 3 rings (SSSR count). The maximum atomic E-state index is 5.75. The standard InChI is InChI=1S/C26H37NO/c1-3-5-19-28-25-16-14-24(15-17-25)26-18-13-23(20-27-26)12-11-22-9-7-21(6-4-2)8-10-22/h13-18,20-22H,3-12,19H2,1-2H3/t21-,22-. The van der Waals surface area contributed by atoms with Crippen LogP contribution in [0.1, 0.15) is 77.2 Å². The molecule has 0 unspecified atom stereocenters. The molecule has 0 N–H and O–H groups in total. The highest BCUT2D eigenvalue weighted by Gasteiger charge is 2.20. The second-order valence-electron chi connectivity index (χ2n) is 8.49. The van der Waals surface area contributed by atoms with Gasteiger partial charge in [0, 0.05) is 11.8 Å². The minimum absolute atomic E-state index is 0.795. The third-order valence-electron chi connectivity index (χ3n) is 6.25. The number of aromatic nitrogens is 1. The molecule has 1 fully saturated rings. The van der Waals surface area contributed by atoms with Gasteiger partial charge in [0.25, 0.3) is 0 Å². The molecule has 0 radical (unpaired) electrons. The van der Waals surface area contributed by atoms with Crippen molar-refractivity contribution >= 4 is 0 Å². The molecule has 0 atom stereocenters. The van der Waals surface area contributed by atoms with Crippen molar-refractivity contribution in [3.63, 3.8) is 0 Å². The molecular formula is C26H37NO. The highest BCUT2D eigenvalue weighted by Crippen LogP contribution is 2.33. The van der Waals surface area contributed by atoms with Crippen LogP contribution in [0.2, 0.25) is 0 Å². The predicted octanol–water partition coefficient (Wildman–Crippen LogP) is 7.47. The van der Waals surface area contributed by atoms with E-state index in [-0.39, 0.29) is 0 Å². The van der Waals surface area contributed by atoms with Crippen molar-refractivity contribution in [3.05, 3.63) is 48.2 Å². The first-order valence-electron chi connectivity index (χ1n) is 11.5. The van der Waals surface area contributed by atoms with Crippen LogP contribution in [0, 0.1) is 11.8 Å². The summed E-state index contributed by atoms with van der Waals surface area (Å²) < 4.78 is 5.75. The molecule has 0 spiro atoms. The lowest BCUT2D eigenvalue weighted by Crippen LogP contribution is -2.15. The fraction of sp³-hybridized carbons (Fsp3) is 0.577. The summed E-state index contributed by atoms with van der Waals surface area (Å²) in [5.74, 6) is 2.88. The first-order chi connectivity index (χ1) is 13.8. The summed E-state index contributed by atoms with van der Waals surface area (Å²) in [5, 5.41) is 0. The van der Waals surface area contributed by atoms with E-state index in [0.29, 0.717) is 0 Å². The highest BCUT2D eigenvalue weighted by atomic mass is 16.5. The first-order valence-corrected chi connectivity index (χ1v) is 11.5. The van der Waals surface area contributed by atoms with E-state index in [0.717, 1.165) is 48.3 Å². The SMILES string of the molecule is CCCCOc1ccc(-c2ccc(CC[C@H]3CC[C@H](CCC)CC3)cn2)cc1. The van der Waals surface area contributed by atoms with E-state index in [1.54, 1.807) is 0 Å². The fourth-order valence-corrected chi connectivity index (χ4v) is 4.39. The third kappa shape index (κ3) is 6.36. The Bertz CT molecular complexity index is 669. The summed E-state index contributed by atoms with van der Waals surface area (Å²) >= 11 is 0. The zero-order valence-corrected chi connectivity index (χ0v) is 17.8. The maximum Gasteiger partial charge on any atom is 0.119 e. The number of nitrogens with zero attached hydrogens (tertiary/aromatic N) is 1. The third-order valence-corrected chi connectivity index (χ3v) is 6.25. The fourth-order valence-electron chi connectivity index (χ4n) is 4.39. The second kappa shape index (κ2) is 11.2. The molecule has 0 amide bonds. The Morgan fingerprint density at radius 1 is 0.857 bits per heavy atom. The van der Waals surface area contributed by atoms with E-state index in [2.05, 4.69) is 56.4 Å². The molecule has 1 aromatic heterocycles. The Kier molecular flexibility index (Phi) is 8.39. The Morgan fingerprint density at radius 2 is 1.57 bits per heavy atom. The molecule has 2 heteroatoms. The molecule has 0 bridgehead atoms. The van der Waals surface area contributed by atoms with E-state index >= 15 is 0 Å². The van der Waals surface area contributed by atoms with E-state index < -0.39 is 0 Å². The van der Waals surface area contributed by atoms with E-state index in [4.69, 9.17) is 9.72 Å². The molecule has 0 saturated heterocycles. The summed E-state index contributed by atoms with van der Waals surface area (Å²) in [7, 11) is 0. The summed E-state index contributed by atoms with van der Waals surface area (Å²) in [6.45, 7) is 5.29. The van der Waals surface area contributed by atoms with Crippen LogP contribution in [0.3, 0.4) is 0 Å². The molecule has 1 heterocycles. The van der Waals surface area contributed by atoms with Gasteiger partial charge in [0.2, 0.25) is 0 Å². The molecule has 1 aromatic carbocycles. The largest absolute Gasteiger partial charge is 0.494 e. The van der Waals surface area contributed by atoms with Crippen LogP contribution in [0.15, 0.2) is 42.6 Å². The van der Waals surface area contributed by atoms with E-state index in [1.807, 2.05) is 0 Å². The Labute approximate surface area is 171 Å². The van der Waals surface area contributed by atoms with Crippen LogP contribution >= 0.6 is 0 Å². The van der Waals surface area contributed by atoms with Crippen LogP contribution in [-0.4, -0.2) is 11.6 Å². The van der Waals surface area contributed by atoms with Gasteiger partial charge in [-0.25, -0.2) is 0 Å². The van der Waals surface area contributed by atoms with Gasteiger partial charge in [-0.2, -0.15) is 0 Å². The van der Waals surface area contributed by atoms with Crippen molar-refractivity contribution < 1.29 is 4.74 Å². The number of aryl methyl sites for hydroxylation is 1. The summed E-state index contributed by atoms with van der Waals surface area (Å²) in [6.07, 6.45) is 15.4. The summed E-state index contributed by atoms with van der Waals surface area (Å²) in [6, 6.07) is 12.7. The molecule has 28 heavy (non-hydrogen) atoms. The molecular weight excluding hydrogens is 342 g/mol. The first kappa shape index (κ1) is 20.9.